The number of hydrogen-bond donors (Lipinski definition) is 2. The molecule has 2 rings (SSSR count). The number of nitrogen functional groups attached to an aromatic ring is 1. The number of amides is 1. The number of anilines is 1. The van der Waals surface area contributed by atoms with Gasteiger partial charge in [-0.3, -0.25) is 4.79 Å². The van der Waals surface area contributed by atoms with Crippen LogP contribution in [0.5, 0.6) is 0 Å². The summed E-state index contributed by atoms with van der Waals surface area (Å²) >= 11 is 0. The normalized spacial score (nSPS) is 17.3. The smallest absolute Gasteiger partial charge is 0.227 e. The molecule has 3 heteroatoms. The van der Waals surface area contributed by atoms with Crippen molar-refractivity contribution in [1.82, 2.24) is 5.32 Å². The molecule has 0 heterocycles. The van der Waals surface area contributed by atoms with E-state index in [0.29, 0.717) is 5.69 Å². The lowest BCUT2D eigenvalue weighted by atomic mass is 9.99. The minimum atomic E-state index is -0.132. The van der Waals surface area contributed by atoms with Crippen molar-refractivity contribution in [1.29, 1.82) is 0 Å². The lowest BCUT2D eigenvalue weighted by Crippen LogP contribution is -2.29. The first-order valence-corrected chi connectivity index (χ1v) is 7.30. The van der Waals surface area contributed by atoms with Crippen LogP contribution in [0.25, 0.3) is 0 Å². The molecule has 0 bridgehead atoms. The van der Waals surface area contributed by atoms with Gasteiger partial charge in [-0.05, 0) is 37.0 Å². The molecule has 1 fully saturated rings. The van der Waals surface area contributed by atoms with Gasteiger partial charge in [0.15, 0.2) is 0 Å². The number of hydrogen-bond acceptors (Lipinski definition) is 2. The van der Waals surface area contributed by atoms with E-state index >= 15 is 0 Å². The van der Waals surface area contributed by atoms with Crippen molar-refractivity contribution in [2.24, 2.45) is 5.92 Å². The third-order valence-corrected chi connectivity index (χ3v) is 4.13. The van der Waals surface area contributed by atoms with E-state index in [2.05, 4.69) is 5.32 Å². The fourth-order valence-corrected chi connectivity index (χ4v) is 2.83. The number of rotatable bonds is 5. The van der Waals surface area contributed by atoms with E-state index in [0.717, 1.165) is 24.4 Å². The van der Waals surface area contributed by atoms with E-state index in [4.69, 9.17) is 5.73 Å². The maximum absolute atomic E-state index is 12.1. The number of nitrogens with one attached hydrogen (secondary N) is 1. The Kier molecular flexibility index (Phi) is 4.83. The molecule has 1 aliphatic carbocycles. The van der Waals surface area contributed by atoms with Crippen molar-refractivity contribution in [3.8, 4) is 0 Å². The monoisotopic (exact) mass is 260 g/mol. The van der Waals surface area contributed by atoms with Gasteiger partial charge in [0, 0.05) is 12.2 Å². The van der Waals surface area contributed by atoms with Gasteiger partial charge in [0.1, 0.15) is 0 Å². The van der Waals surface area contributed by atoms with Gasteiger partial charge < -0.3 is 11.1 Å². The van der Waals surface area contributed by atoms with Gasteiger partial charge in [0.05, 0.1) is 5.92 Å². The average molecular weight is 260 g/mol. The highest BCUT2D eigenvalue weighted by atomic mass is 16.1. The van der Waals surface area contributed by atoms with Crippen molar-refractivity contribution in [3.63, 3.8) is 0 Å². The summed E-state index contributed by atoms with van der Waals surface area (Å²) in [6.45, 7) is 2.73. The Morgan fingerprint density at radius 1 is 1.42 bits per heavy atom. The van der Waals surface area contributed by atoms with Crippen molar-refractivity contribution in [3.05, 3.63) is 29.8 Å². The summed E-state index contributed by atoms with van der Waals surface area (Å²) in [5.74, 6) is 0.790. The molecule has 1 amide bonds. The Morgan fingerprint density at radius 3 is 2.84 bits per heavy atom. The third-order valence-electron chi connectivity index (χ3n) is 4.13. The summed E-state index contributed by atoms with van der Waals surface area (Å²) in [7, 11) is 0. The number of benzene rings is 1. The minimum absolute atomic E-state index is 0.101. The Bertz CT molecular complexity index is 425. The van der Waals surface area contributed by atoms with Crippen LogP contribution < -0.4 is 11.1 Å². The predicted molar refractivity (Wildman–Crippen MR) is 78.9 cm³/mol. The quantitative estimate of drug-likeness (QED) is 0.799. The van der Waals surface area contributed by atoms with Crippen LogP contribution in [0.2, 0.25) is 0 Å². The Labute approximate surface area is 115 Å². The molecule has 1 atom stereocenters. The molecule has 3 nitrogen and oxygen atoms in total. The summed E-state index contributed by atoms with van der Waals surface area (Å²) in [5.41, 5.74) is 7.44. The highest BCUT2D eigenvalue weighted by Crippen LogP contribution is 2.27. The molecule has 0 aromatic heterocycles. The maximum atomic E-state index is 12.1. The Balaban J connectivity index is 1.78. The van der Waals surface area contributed by atoms with Crippen LogP contribution in [-0.2, 0) is 4.79 Å². The van der Waals surface area contributed by atoms with Crippen LogP contribution in [0.15, 0.2) is 24.3 Å². The molecule has 0 aliphatic heterocycles. The van der Waals surface area contributed by atoms with E-state index in [9.17, 15) is 4.79 Å². The average Bonchev–Trinajstić information content (AvgIpc) is 2.91. The van der Waals surface area contributed by atoms with Crippen LogP contribution in [0.3, 0.4) is 0 Å². The van der Waals surface area contributed by atoms with Gasteiger partial charge in [-0.25, -0.2) is 0 Å². The molecular weight excluding hydrogens is 236 g/mol. The highest BCUT2D eigenvalue weighted by molar-refractivity contribution is 5.83. The third kappa shape index (κ3) is 3.98. The zero-order valence-corrected chi connectivity index (χ0v) is 11.7. The second kappa shape index (κ2) is 6.60. The topological polar surface area (TPSA) is 55.1 Å². The molecule has 3 N–H and O–H groups in total. The van der Waals surface area contributed by atoms with Crippen LogP contribution in [0.1, 0.15) is 50.5 Å². The number of carbonyl (C=O) groups is 1. The van der Waals surface area contributed by atoms with E-state index in [1.54, 1.807) is 0 Å². The lowest BCUT2D eigenvalue weighted by molar-refractivity contribution is -0.122. The molecule has 1 aliphatic rings. The van der Waals surface area contributed by atoms with Crippen molar-refractivity contribution in [2.45, 2.75) is 44.9 Å². The molecule has 0 spiro atoms. The second-order valence-electron chi connectivity index (χ2n) is 5.62. The molecule has 1 saturated carbocycles. The lowest BCUT2D eigenvalue weighted by Gasteiger charge is -2.14. The van der Waals surface area contributed by atoms with Crippen molar-refractivity contribution < 1.29 is 4.79 Å². The molecule has 1 aromatic carbocycles. The summed E-state index contributed by atoms with van der Waals surface area (Å²) in [6, 6.07) is 7.57. The molecule has 104 valence electrons. The van der Waals surface area contributed by atoms with Crippen molar-refractivity contribution >= 4 is 11.6 Å². The van der Waals surface area contributed by atoms with E-state index in [1.807, 2.05) is 31.2 Å². The summed E-state index contributed by atoms with van der Waals surface area (Å²) in [4.78, 5) is 12.1. The first-order chi connectivity index (χ1) is 9.16. The van der Waals surface area contributed by atoms with Gasteiger partial charge in [-0.15, -0.1) is 0 Å². The molecule has 0 radical (unpaired) electrons. The number of nitrogens with two attached hydrogens (primary N) is 1. The van der Waals surface area contributed by atoms with Crippen molar-refractivity contribution in [2.75, 3.05) is 12.3 Å². The predicted octanol–water partition coefficient (Wildman–Crippen LogP) is 3.07. The van der Waals surface area contributed by atoms with Crippen LogP contribution in [0, 0.1) is 5.92 Å². The largest absolute Gasteiger partial charge is 0.399 e. The fourth-order valence-electron chi connectivity index (χ4n) is 2.83. The fraction of sp³-hybridized carbons (Fsp3) is 0.562. The van der Waals surface area contributed by atoms with Crippen LogP contribution in [0.4, 0.5) is 5.69 Å². The molecule has 0 saturated heterocycles. The SMILES string of the molecule is CC(C(=O)NCCC1CCCC1)c1cccc(N)c1. The Hall–Kier alpha value is -1.51. The number of carbonyl (C=O) groups excluding carboxylic acids is 1. The second-order valence-corrected chi connectivity index (χ2v) is 5.62. The van der Waals surface area contributed by atoms with Crippen LogP contribution >= 0.6 is 0 Å². The zero-order chi connectivity index (χ0) is 13.7. The van der Waals surface area contributed by atoms with Gasteiger partial charge in [0.2, 0.25) is 5.91 Å². The van der Waals surface area contributed by atoms with Gasteiger partial charge in [0.25, 0.3) is 0 Å². The highest BCUT2D eigenvalue weighted by Gasteiger charge is 2.17. The van der Waals surface area contributed by atoms with E-state index in [1.165, 1.54) is 25.7 Å². The first-order valence-electron chi connectivity index (χ1n) is 7.30. The molecule has 1 unspecified atom stereocenters. The van der Waals surface area contributed by atoms with E-state index in [-0.39, 0.29) is 11.8 Å². The van der Waals surface area contributed by atoms with Gasteiger partial charge in [-0.1, -0.05) is 37.8 Å². The molecule has 19 heavy (non-hydrogen) atoms. The Morgan fingerprint density at radius 2 is 2.16 bits per heavy atom. The summed E-state index contributed by atoms with van der Waals surface area (Å²) < 4.78 is 0. The standard InChI is InChI=1S/C16H24N2O/c1-12(14-7-4-8-15(17)11-14)16(19)18-10-9-13-5-2-3-6-13/h4,7-8,11-13H,2-3,5-6,9-10,17H2,1H3,(H,18,19). The molecular formula is C16H24N2O. The minimum Gasteiger partial charge on any atom is -0.399 e. The zero-order valence-electron chi connectivity index (χ0n) is 11.7. The van der Waals surface area contributed by atoms with Gasteiger partial charge in [-0.2, -0.15) is 0 Å². The maximum Gasteiger partial charge on any atom is 0.227 e. The van der Waals surface area contributed by atoms with Gasteiger partial charge >= 0.3 is 0 Å². The molecule has 1 aromatic rings. The van der Waals surface area contributed by atoms with E-state index < -0.39 is 0 Å². The summed E-state index contributed by atoms with van der Waals surface area (Å²) in [6.07, 6.45) is 6.51. The van der Waals surface area contributed by atoms with Crippen LogP contribution in [-0.4, -0.2) is 12.5 Å². The first kappa shape index (κ1) is 13.9. The summed E-state index contributed by atoms with van der Waals surface area (Å²) in [5, 5.41) is 3.05.